The second kappa shape index (κ2) is 5.59. The summed E-state index contributed by atoms with van der Waals surface area (Å²) >= 11 is 0. The quantitative estimate of drug-likeness (QED) is 0.749. The first-order valence-corrected chi connectivity index (χ1v) is 7.65. The Morgan fingerprint density at radius 3 is 1.33 bits per heavy atom. The van der Waals surface area contributed by atoms with Crippen LogP contribution in [-0.2, 0) is 20.5 Å². The van der Waals surface area contributed by atoms with Crippen LogP contribution >= 0.6 is 0 Å². The minimum Gasteiger partial charge on any atom is -0.203 e. The molecule has 0 aliphatic carbocycles. The van der Waals surface area contributed by atoms with Crippen molar-refractivity contribution in [3.05, 3.63) is 57.2 Å². The summed E-state index contributed by atoms with van der Waals surface area (Å²) < 4.78 is 4.54. The molecule has 2 aromatic rings. The lowest BCUT2D eigenvalue weighted by molar-refractivity contribution is -0.684. The highest BCUT2D eigenvalue weighted by Crippen LogP contribution is 2.20. The summed E-state index contributed by atoms with van der Waals surface area (Å²) in [6.45, 7) is 13.3. The topological polar surface area (TPSA) is 7.76 Å². The van der Waals surface area contributed by atoms with Gasteiger partial charge in [0.05, 0.1) is 0 Å². The van der Waals surface area contributed by atoms with E-state index in [0.29, 0.717) is 0 Å². The summed E-state index contributed by atoms with van der Waals surface area (Å²) in [7, 11) is 4.28. The van der Waals surface area contributed by atoms with Crippen molar-refractivity contribution in [2.75, 3.05) is 0 Å². The molecule has 2 heterocycles. The number of hydrogen-bond donors (Lipinski definition) is 0. The van der Waals surface area contributed by atoms with E-state index in [2.05, 4.69) is 76.9 Å². The van der Waals surface area contributed by atoms with Gasteiger partial charge in [0.2, 0.25) is 0 Å². The molecular weight excluding hydrogens is 256 g/mol. The molecule has 0 saturated heterocycles. The molecule has 0 aliphatic heterocycles. The number of pyridine rings is 2. The van der Waals surface area contributed by atoms with Gasteiger partial charge in [-0.1, -0.05) is 0 Å². The zero-order valence-corrected chi connectivity index (χ0v) is 14.8. The number of aryl methyl sites for hydroxylation is 2. The Bertz CT molecular complexity index is 651. The van der Waals surface area contributed by atoms with Gasteiger partial charge in [0, 0.05) is 51.0 Å². The molecule has 0 spiro atoms. The molecule has 2 rings (SSSR count). The zero-order valence-electron chi connectivity index (χ0n) is 14.8. The highest BCUT2D eigenvalue weighted by molar-refractivity contribution is 5.36. The SMILES string of the molecule is Cc1c(Cc2cc(C)[n+](C)c(C)c2C)cc(C)[n+](C)c1C. The fraction of sp³-hybridized carbons (Fsp3) is 0.474. The lowest BCUT2D eigenvalue weighted by Crippen LogP contribution is -2.37. The molecule has 2 nitrogen and oxygen atoms in total. The second-order valence-electron chi connectivity index (χ2n) is 6.34. The first kappa shape index (κ1) is 15.7. The van der Waals surface area contributed by atoms with Crippen molar-refractivity contribution in [3.8, 4) is 0 Å². The van der Waals surface area contributed by atoms with Crippen LogP contribution in [0.1, 0.15) is 45.0 Å². The maximum atomic E-state index is 2.33. The van der Waals surface area contributed by atoms with Gasteiger partial charge in [0.1, 0.15) is 14.1 Å². The molecule has 21 heavy (non-hydrogen) atoms. The smallest absolute Gasteiger partial charge is 0.181 e. The van der Waals surface area contributed by atoms with Crippen molar-refractivity contribution in [1.82, 2.24) is 0 Å². The summed E-state index contributed by atoms with van der Waals surface area (Å²) in [6, 6.07) is 4.67. The van der Waals surface area contributed by atoms with Gasteiger partial charge >= 0.3 is 0 Å². The number of rotatable bonds is 2. The standard InChI is InChI=1S/C19H28N2/c1-12-9-18(14(3)16(5)20(12)7)11-19-10-13(2)21(8)17(6)15(19)4/h9-10H,11H2,1-8H3/q+2. The predicted octanol–water partition coefficient (Wildman–Crippen LogP) is 2.78. The van der Waals surface area contributed by atoms with Crippen molar-refractivity contribution < 1.29 is 9.13 Å². The molecule has 0 aromatic carbocycles. The molecule has 0 saturated carbocycles. The van der Waals surface area contributed by atoms with Crippen LogP contribution in [0.15, 0.2) is 12.1 Å². The molecule has 0 unspecified atom stereocenters. The van der Waals surface area contributed by atoms with E-state index in [-0.39, 0.29) is 0 Å². The van der Waals surface area contributed by atoms with Gasteiger partial charge in [0.15, 0.2) is 22.8 Å². The molecule has 0 aliphatic rings. The predicted molar refractivity (Wildman–Crippen MR) is 86.5 cm³/mol. The van der Waals surface area contributed by atoms with Crippen LogP contribution in [0.25, 0.3) is 0 Å². The molecule has 0 radical (unpaired) electrons. The Kier molecular flexibility index (Phi) is 4.18. The average molecular weight is 284 g/mol. The first-order chi connectivity index (χ1) is 9.73. The van der Waals surface area contributed by atoms with Crippen molar-refractivity contribution in [2.45, 2.75) is 48.0 Å². The summed E-state index contributed by atoms with van der Waals surface area (Å²) in [5.74, 6) is 0. The third kappa shape index (κ3) is 2.72. The minimum absolute atomic E-state index is 1.02. The number of hydrogen-bond acceptors (Lipinski definition) is 0. The molecule has 2 aromatic heterocycles. The zero-order chi connectivity index (χ0) is 15.9. The number of aromatic nitrogens is 2. The fourth-order valence-corrected chi connectivity index (χ4v) is 2.98. The minimum atomic E-state index is 1.02. The van der Waals surface area contributed by atoms with E-state index < -0.39 is 0 Å². The third-order valence-corrected chi connectivity index (χ3v) is 5.26. The van der Waals surface area contributed by atoms with E-state index in [1.807, 2.05) is 0 Å². The van der Waals surface area contributed by atoms with Crippen LogP contribution in [0.4, 0.5) is 0 Å². The van der Waals surface area contributed by atoms with Crippen LogP contribution in [-0.4, -0.2) is 0 Å². The lowest BCUT2D eigenvalue weighted by atomic mass is 9.95. The summed E-state index contributed by atoms with van der Waals surface area (Å²) in [4.78, 5) is 0. The molecule has 0 fully saturated rings. The van der Waals surface area contributed by atoms with E-state index in [0.717, 1.165) is 6.42 Å². The van der Waals surface area contributed by atoms with Crippen molar-refractivity contribution in [1.29, 1.82) is 0 Å². The Morgan fingerprint density at radius 1 is 0.667 bits per heavy atom. The largest absolute Gasteiger partial charge is 0.203 e. The molecular formula is C19H28N2+2. The lowest BCUT2D eigenvalue weighted by Gasteiger charge is -2.12. The summed E-state index contributed by atoms with van der Waals surface area (Å²) in [5, 5.41) is 0. The third-order valence-electron chi connectivity index (χ3n) is 5.26. The summed E-state index contributed by atoms with van der Waals surface area (Å²) in [6.07, 6.45) is 1.02. The summed E-state index contributed by atoms with van der Waals surface area (Å²) in [5.41, 5.74) is 11.1. The maximum Gasteiger partial charge on any atom is 0.181 e. The first-order valence-electron chi connectivity index (χ1n) is 7.65. The normalized spacial score (nSPS) is 11.0. The van der Waals surface area contributed by atoms with Gasteiger partial charge in [-0.3, -0.25) is 0 Å². The van der Waals surface area contributed by atoms with Gasteiger partial charge < -0.3 is 0 Å². The monoisotopic (exact) mass is 284 g/mol. The van der Waals surface area contributed by atoms with Crippen molar-refractivity contribution >= 4 is 0 Å². The van der Waals surface area contributed by atoms with Gasteiger partial charge in [0.25, 0.3) is 0 Å². The van der Waals surface area contributed by atoms with E-state index in [4.69, 9.17) is 0 Å². The molecule has 0 amide bonds. The maximum absolute atomic E-state index is 2.33. The van der Waals surface area contributed by atoms with Crippen molar-refractivity contribution in [3.63, 3.8) is 0 Å². The molecule has 112 valence electrons. The second-order valence-corrected chi connectivity index (χ2v) is 6.34. The average Bonchev–Trinajstić information content (AvgIpc) is 2.45. The van der Waals surface area contributed by atoms with E-state index in [1.165, 1.54) is 45.0 Å². The van der Waals surface area contributed by atoms with Crippen LogP contribution in [0.3, 0.4) is 0 Å². The van der Waals surface area contributed by atoms with Crippen LogP contribution < -0.4 is 9.13 Å². The van der Waals surface area contributed by atoms with Gasteiger partial charge in [-0.05, 0) is 31.4 Å². The molecule has 0 bridgehead atoms. The molecule has 0 atom stereocenters. The van der Waals surface area contributed by atoms with Gasteiger partial charge in [-0.15, -0.1) is 0 Å². The van der Waals surface area contributed by atoms with E-state index in [1.54, 1.807) is 0 Å². The van der Waals surface area contributed by atoms with E-state index in [9.17, 15) is 0 Å². The molecule has 2 heteroatoms. The van der Waals surface area contributed by atoms with Crippen LogP contribution in [0.2, 0.25) is 0 Å². The Morgan fingerprint density at radius 2 is 1.00 bits per heavy atom. The van der Waals surface area contributed by atoms with Crippen LogP contribution in [0, 0.1) is 41.5 Å². The highest BCUT2D eigenvalue weighted by Gasteiger charge is 2.18. The van der Waals surface area contributed by atoms with Gasteiger partial charge in [-0.25, -0.2) is 9.13 Å². The Hall–Kier alpha value is -1.70. The number of nitrogens with zero attached hydrogens (tertiary/aromatic N) is 2. The van der Waals surface area contributed by atoms with Gasteiger partial charge in [-0.2, -0.15) is 0 Å². The Balaban J connectivity index is 2.54. The Labute approximate surface area is 129 Å². The van der Waals surface area contributed by atoms with Crippen molar-refractivity contribution in [2.24, 2.45) is 14.1 Å². The fourth-order valence-electron chi connectivity index (χ4n) is 2.98. The molecule has 0 N–H and O–H groups in total. The van der Waals surface area contributed by atoms with Crippen LogP contribution in [0.5, 0.6) is 0 Å². The highest BCUT2D eigenvalue weighted by atomic mass is 14.9. The van der Waals surface area contributed by atoms with E-state index >= 15 is 0 Å².